The Morgan fingerprint density at radius 2 is 2.15 bits per heavy atom. The number of hydrogen-bond donors (Lipinski definition) is 2. The molecule has 0 aromatic carbocycles. The Morgan fingerprint density at radius 3 is 2.60 bits per heavy atom. The third-order valence-corrected chi connectivity index (χ3v) is 6.95. The lowest BCUT2D eigenvalue weighted by molar-refractivity contribution is 0.0953. The molecule has 0 saturated heterocycles. The number of nitrogens with two attached hydrogens (primary N) is 1. The molecule has 0 radical (unpaired) electrons. The van der Waals surface area contributed by atoms with Gasteiger partial charge in [0.1, 0.15) is 4.21 Å². The Labute approximate surface area is 125 Å². The van der Waals surface area contributed by atoms with Crippen LogP contribution in [0, 0.1) is 6.92 Å². The van der Waals surface area contributed by atoms with Gasteiger partial charge in [0.25, 0.3) is 5.91 Å². The Kier molecular flexibility index (Phi) is 5.87. The zero-order chi connectivity index (χ0) is 15.5. The number of sulfonamides is 1. The molecule has 6 nitrogen and oxygen atoms in total. The van der Waals surface area contributed by atoms with Crippen LogP contribution in [-0.4, -0.2) is 36.6 Å². The van der Waals surface area contributed by atoms with E-state index in [1.54, 1.807) is 13.2 Å². The highest BCUT2D eigenvalue weighted by Gasteiger charge is 2.20. The minimum atomic E-state index is -3.79. The summed E-state index contributed by atoms with van der Waals surface area (Å²) in [6, 6.07) is 0. The van der Waals surface area contributed by atoms with Gasteiger partial charge in [-0.2, -0.15) is 0 Å². The summed E-state index contributed by atoms with van der Waals surface area (Å²) in [5.74, 6) is -0.345. The van der Waals surface area contributed by atoms with Gasteiger partial charge in [-0.05, 0) is 18.9 Å². The van der Waals surface area contributed by atoms with Crippen LogP contribution in [0.3, 0.4) is 0 Å². The van der Waals surface area contributed by atoms with Crippen LogP contribution in [0.15, 0.2) is 9.59 Å². The van der Waals surface area contributed by atoms with E-state index in [9.17, 15) is 17.4 Å². The van der Waals surface area contributed by atoms with E-state index in [0.29, 0.717) is 24.1 Å². The average Bonchev–Trinajstić information content (AvgIpc) is 2.70. The topological polar surface area (TPSA) is 106 Å². The molecular weight excluding hydrogens is 320 g/mol. The van der Waals surface area contributed by atoms with Crippen LogP contribution in [0.1, 0.15) is 29.3 Å². The highest BCUT2D eigenvalue weighted by molar-refractivity contribution is 7.91. The number of amides is 1. The fourth-order valence-corrected chi connectivity index (χ4v) is 4.02. The van der Waals surface area contributed by atoms with Crippen molar-refractivity contribution in [1.29, 1.82) is 0 Å². The molecule has 0 aliphatic carbocycles. The van der Waals surface area contributed by atoms with E-state index < -0.39 is 20.8 Å². The lowest BCUT2D eigenvalue weighted by Gasteiger charge is -2.09. The molecule has 1 heterocycles. The molecule has 1 aromatic rings. The maximum Gasteiger partial charge on any atom is 0.252 e. The van der Waals surface area contributed by atoms with Gasteiger partial charge in [0.15, 0.2) is 0 Å². The molecule has 0 aliphatic heterocycles. The Morgan fingerprint density at radius 1 is 1.55 bits per heavy atom. The van der Waals surface area contributed by atoms with E-state index in [-0.39, 0.29) is 15.4 Å². The quantitative estimate of drug-likeness (QED) is 0.791. The van der Waals surface area contributed by atoms with Crippen molar-refractivity contribution >= 4 is 38.1 Å². The lowest BCUT2D eigenvalue weighted by Crippen LogP contribution is -2.27. The molecule has 0 aliphatic rings. The fraction of sp³-hybridized carbons (Fsp3) is 0.545. The first-order chi connectivity index (χ1) is 9.14. The van der Waals surface area contributed by atoms with Crippen molar-refractivity contribution in [3.8, 4) is 0 Å². The Hall–Kier alpha value is -0.770. The predicted molar refractivity (Wildman–Crippen MR) is 80.9 cm³/mol. The van der Waals surface area contributed by atoms with Gasteiger partial charge in [-0.3, -0.25) is 9.00 Å². The van der Waals surface area contributed by atoms with Crippen molar-refractivity contribution in [3.63, 3.8) is 0 Å². The first kappa shape index (κ1) is 17.3. The molecule has 3 N–H and O–H groups in total. The van der Waals surface area contributed by atoms with Crippen LogP contribution in [0.4, 0.5) is 0 Å². The first-order valence-electron chi connectivity index (χ1n) is 5.86. The van der Waals surface area contributed by atoms with Gasteiger partial charge in [-0.15, -0.1) is 11.3 Å². The molecule has 2 atom stereocenters. The number of carbonyl (C=O) groups excluding carboxylic acids is 1. The van der Waals surface area contributed by atoms with Crippen LogP contribution >= 0.6 is 11.3 Å². The molecular formula is C11H18N2O4S3. The molecule has 1 amide bonds. The van der Waals surface area contributed by atoms with Crippen molar-refractivity contribution in [3.05, 3.63) is 16.5 Å². The zero-order valence-electron chi connectivity index (χ0n) is 11.5. The third kappa shape index (κ3) is 4.37. The highest BCUT2D eigenvalue weighted by atomic mass is 32.2. The van der Waals surface area contributed by atoms with Crippen LogP contribution in [0.5, 0.6) is 0 Å². The summed E-state index contributed by atoms with van der Waals surface area (Å²) >= 11 is 0.934. The van der Waals surface area contributed by atoms with E-state index in [0.717, 1.165) is 11.3 Å². The van der Waals surface area contributed by atoms with Gasteiger partial charge in [0.05, 0.1) is 5.56 Å². The smallest absolute Gasteiger partial charge is 0.252 e. The number of nitrogens with one attached hydrogen (secondary N) is 1. The van der Waals surface area contributed by atoms with Crippen molar-refractivity contribution in [2.75, 3.05) is 12.8 Å². The summed E-state index contributed by atoms with van der Waals surface area (Å²) in [5, 5.41) is 9.23. The number of carbonyl (C=O) groups is 1. The van der Waals surface area contributed by atoms with Crippen LogP contribution in [0.2, 0.25) is 0 Å². The summed E-state index contributed by atoms with van der Waals surface area (Å²) in [6.07, 6.45) is 2.22. The second-order valence-electron chi connectivity index (χ2n) is 4.46. The van der Waals surface area contributed by atoms with Crippen molar-refractivity contribution in [1.82, 2.24) is 5.32 Å². The second-order valence-corrected chi connectivity index (χ2v) is 8.90. The molecule has 114 valence electrons. The number of thiophene rings is 1. The van der Waals surface area contributed by atoms with Crippen LogP contribution < -0.4 is 10.5 Å². The Balaban J connectivity index is 2.70. The van der Waals surface area contributed by atoms with Gasteiger partial charge >= 0.3 is 0 Å². The van der Waals surface area contributed by atoms with Crippen molar-refractivity contribution < 1.29 is 17.4 Å². The molecule has 9 heteroatoms. The molecule has 0 saturated carbocycles. The minimum Gasteiger partial charge on any atom is -0.352 e. The molecule has 1 rings (SSSR count). The molecule has 0 fully saturated rings. The summed E-state index contributed by atoms with van der Waals surface area (Å²) < 4.78 is 33.8. The molecule has 2 unspecified atom stereocenters. The van der Waals surface area contributed by atoms with Gasteiger partial charge < -0.3 is 5.32 Å². The second kappa shape index (κ2) is 6.79. The lowest BCUT2D eigenvalue weighted by atomic mass is 10.2. The maximum atomic E-state index is 11.9. The molecule has 20 heavy (non-hydrogen) atoms. The van der Waals surface area contributed by atoms with E-state index >= 15 is 0 Å². The maximum absolute atomic E-state index is 11.9. The summed E-state index contributed by atoms with van der Waals surface area (Å²) in [4.78, 5) is 11.9. The first-order valence-corrected chi connectivity index (χ1v) is 9.90. The SMILES string of the molecule is Cc1c(C(=O)NCCC(C)S(C)=O)csc1S(N)(=O)=O. The van der Waals surface area contributed by atoms with Crippen molar-refractivity contribution in [2.24, 2.45) is 5.14 Å². The van der Waals surface area contributed by atoms with Gasteiger partial charge in [0.2, 0.25) is 10.0 Å². The number of rotatable bonds is 6. The van der Waals surface area contributed by atoms with Crippen molar-refractivity contribution in [2.45, 2.75) is 29.7 Å². The summed E-state index contributed by atoms with van der Waals surface area (Å²) in [5.41, 5.74) is 0.673. The predicted octanol–water partition coefficient (Wildman–Crippen LogP) is 0.591. The largest absolute Gasteiger partial charge is 0.352 e. The third-order valence-electron chi connectivity index (χ3n) is 2.90. The molecule has 1 aromatic heterocycles. The van der Waals surface area contributed by atoms with E-state index in [1.165, 1.54) is 5.38 Å². The molecule has 0 spiro atoms. The summed E-state index contributed by atoms with van der Waals surface area (Å²) in [6.45, 7) is 3.78. The number of hydrogen-bond acceptors (Lipinski definition) is 5. The van der Waals surface area contributed by atoms with Crippen LogP contribution in [0.25, 0.3) is 0 Å². The van der Waals surface area contributed by atoms with Gasteiger partial charge in [-0.1, -0.05) is 6.92 Å². The van der Waals surface area contributed by atoms with Crippen LogP contribution in [-0.2, 0) is 20.8 Å². The fourth-order valence-electron chi connectivity index (χ4n) is 1.55. The standard InChI is InChI=1S/C11H18N2O4S3/c1-7(19(3)15)4-5-13-10(14)9-6-18-11(8(9)2)20(12,16)17/h6-7H,4-5H2,1-3H3,(H,13,14)(H2,12,16,17). The average molecular weight is 338 g/mol. The monoisotopic (exact) mass is 338 g/mol. The highest BCUT2D eigenvalue weighted by Crippen LogP contribution is 2.25. The Bertz CT molecular complexity index is 622. The summed E-state index contributed by atoms with van der Waals surface area (Å²) in [7, 11) is -4.72. The zero-order valence-corrected chi connectivity index (χ0v) is 14.0. The van der Waals surface area contributed by atoms with Gasteiger partial charge in [-0.25, -0.2) is 13.6 Å². The van der Waals surface area contributed by atoms with E-state index in [2.05, 4.69) is 5.32 Å². The number of primary sulfonamides is 1. The molecule has 0 bridgehead atoms. The van der Waals surface area contributed by atoms with E-state index in [1.807, 2.05) is 6.92 Å². The minimum absolute atomic E-state index is 0.00106. The normalized spacial score (nSPS) is 14.8. The van der Waals surface area contributed by atoms with E-state index in [4.69, 9.17) is 5.14 Å². The van der Waals surface area contributed by atoms with Gasteiger partial charge in [0, 0.05) is 34.2 Å².